The van der Waals surface area contributed by atoms with Crippen LogP contribution < -0.4 is 10.6 Å². The van der Waals surface area contributed by atoms with Crippen molar-refractivity contribution in [1.82, 2.24) is 0 Å². The second-order valence-electron chi connectivity index (χ2n) is 4.67. The summed E-state index contributed by atoms with van der Waals surface area (Å²) in [6, 6.07) is 5.80. The van der Waals surface area contributed by atoms with Crippen LogP contribution in [0.4, 0.5) is 0 Å². The third-order valence-electron chi connectivity index (χ3n) is 2.72. The summed E-state index contributed by atoms with van der Waals surface area (Å²) in [6.45, 7) is 4.75. The number of nitrogens with two attached hydrogens (primary N) is 1. The van der Waals surface area contributed by atoms with E-state index >= 15 is 0 Å². The SMILES string of the molecule is CC1(COc2ccc(CON)cc2Br)COC1. The fourth-order valence-electron chi connectivity index (χ4n) is 1.63. The Bertz CT molecular complexity index is 393. The average molecular weight is 302 g/mol. The highest BCUT2D eigenvalue weighted by Crippen LogP contribution is 2.31. The van der Waals surface area contributed by atoms with Gasteiger partial charge in [0.15, 0.2) is 0 Å². The first-order valence-corrected chi connectivity index (χ1v) is 6.23. The van der Waals surface area contributed by atoms with Crippen LogP contribution >= 0.6 is 15.9 Å². The van der Waals surface area contributed by atoms with Gasteiger partial charge in [0.05, 0.1) is 30.9 Å². The first kappa shape index (κ1) is 12.8. The smallest absolute Gasteiger partial charge is 0.133 e. The van der Waals surface area contributed by atoms with Crippen molar-refractivity contribution in [2.24, 2.45) is 11.3 Å². The van der Waals surface area contributed by atoms with Crippen LogP contribution in [0.15, 0.2) is 22.7 Å². The Morgan fingerprint density at radius 2 is 2.24 bits per heavy atom. The lowest BCUT2D eigenvalue weighted by molar-refractivity contribution is -0.120. The van der Waals surface area contributed by atoms with E-state index in [-0.39, 0.29) is 5.41 Å². The first-order valence-electron chi connectivity index (χ1n) is 5.44. The maximum absolute atomic E-state index is 5.78. The Balaban J connectivity index is 1.96. The fourth-order valence-corrected chi connectivity index (χ4v) is 2.17. The fraction of sp³-hybridized carbons (Fsp3) is 0.500. The van der Waals surface area contributed by atoms with Gasteiger partial charge in [0, 0.05) is 5.41 Å². The summed E-state index contributed by atoms with van der Waals surface area (Å²) in [4.78, 5) is 4.59. The van der Waals surface area contributed by atoms with Crippen molar-refractivity contribution in [3.8, 4) is 5.75 Å². The Morgan fingerprint density at radius 3 is 2.76 bits per heavy atom. The third-order valence-corrected chi connectivity index (χ3v) is 3.34. The second kappa shape index (κ2) is 5.35. The molecule has 1 aliphatic heterocycles. The molecule has 1 fully saturated rings. The van der Waals surface area contributed by atoms with E-state index in [1.165, 1.54) is 0 Å². The van der Waals surface area contributed by atoms with E-state index in [2.05, 4.69) is 27.7 Å². The number of benzene rings is 1. The van der Waals surface area contributed by atoms with E-state index in [1.807, 2.05) is 18.2 Å². The van der Waals surface area contributed by atoms with E-state index in [0.29, 0.717) is 13.2 Å². The maximum Gasteiger partial charge on any atom is 0.133 e. The van der Waals surface area contributed by atoms with E-state index in [1.54, 1.807) is 0 Å². The van der Waals surface area contributed by atoms with E-state index in [9.17, 15) is 0 Å². The first-order chi connectivity index (χ1) is 8.13. The molecule has 5 heteroatoms. The molecule has 2 N–H and O–H groups in total. The van der Waals surface area contributed by atoms with E-state index in [4.69, 9.17) is 15.4 Å². The highest BCUT2D eigenvalue weighted by Gasteiger charge is 2.34. The van der Waals surface area contributed by atoms with Crippen LogP contribution in [-0.4, -0.2) is 19.8 Å². The van der Waals surface area contributed by atoms with Crippen molar-refractivity contribution in [3.63, 3.8) is 0 Å². The highest BCUT2D eigenvalue weighted by atomic mass is 79.9. The molecule has 17 heavy (non-hydrogen) atoms. The van der Waals surface area contributed by atoms with Gasteiger partial charge in [-0.05, 0) is 33.6 Å². The van der Waals surface area contributed by atoms with Crippen molar-refractivity contribution in [1.29, 1.82) is 0 Å². The summed E-state index contributed by atoms with van der Waals surface area (Å²) in [5.74, 6) is 5.86. The summed E-state index contributed by atoms with van der Waals surface area (Å²) in [7, 11) is 0. The van der Waals surface area contributed by atoms with Gasteiger partial charge in [-0.3, -0.25) is 4.84 Å². The highest BCUT2D eigenvalue weighted by molar-refractivity contribution is 9.10. The lowest BCUT2D eigenvalue weighted by atomic mass is 9.90. The molecule has 0 bridgehead atoms. The van der Waals surface area contributed by atoms with Gasteiger partial charge in [-0.15, -0.1) is 0 Å². The van der Waals surface area contributed by atoms with Crippen LogP contribution in [0.25, 0.3) is 0 Å². The molecule has 1 heterocycles. The number of halogens is 1. The van der Waals surface area contributed by atoms with Gasteiger partial charge >= 0.3 is 0 Å². The zero-order valence-electron chi connectivity index (χ0n) is 9.74. The van der Waals surface area contributed by atoms with Crippen LogP contribution in [0.5, 0.6) is 5.75 Å². The van der Waals surface area contributed by atoms with Crippen molar-refractivity contribution in [2.75, 3.05) is 19.8 Å². The minimum absolute atomic E-state index is 0.151. The minimum atomic E-state index is 0.151. The molecule has 0 radical (unpaired) electrons. The van der Waals surface area contributed by atoms with Crippen molar-refractivity contribution in [2.45, 2.75) is 13.5 Å². The zero-order valence-corrected chi connectivity index (χ0v) is 11.3. The van der Waals surface area contributed by atoms with Crippen LogP contribution in [0, 0.1) is 5.41 Å². The number of hydrogen-bond acceptors (Lipinski definition) is 4. The van der Waals surface area contributed by atoms with Crippen molar-refractivity contribution in [3.05, 3.63) is 28.2 Å². The normalized spacial score (nSPS) is 17.6. The van der Waals surface area contributed by atoms with Gasteiger partial charge < -0.3 is 9.47 Å². The van der Waals surface area contributed by atoms with Gasteiger partial charge in [0.1, 0.15) is 5.75 Å². The van der Waals surface area contributed by atoms with Crippen molar-refractivity contribution >= 4 is 15.9 Å². The van der Waals surface area contributed by atoms with E-state index in [0.717, 1.165) is 29.0 Å². The molecule has 0 aromatic heterocycles. The average Bonchev–Trinajstić information content (AvgIpc) is 2.26. The quantitative estimate of drug-likeness (QED) is 0.848. The maximum atomic E-state index is 5.78. The Kier molecular flexibility index (Phi) is 4.04. The summed E-state index contributed by atoms with van der Waals surface area (Å²) in [5, 5.41) is 0. The topological polar surface area (TPSA) is 53.7 Å². The lowest BCUT2D eigenvalue weighted by Crippen LogP contribution is -2.44. The Labute approximate surface area is 109 Å². The molecular weight excluding hydrogens is 286 g/mol. The molecule has 0 atom stereocenters. The molecule has 0 unspecified atom stereocenters. The molecule has 0 aliphatic carbocycles. The van der Waals surface area contributed by atoms with Gasteiger partial charge in [-0.1, -0.05) is 13.0 Å². The monoisotopic (exact) mass is 301 g/mol. The van der Waals surface area contributed by atoms with E-state index < -0.39 is 0 Å². The molecule has 2 rings (SSSR count). The number of ether oxygens (including phenoxy) is 2. The lowest BCUT2D eigenvalue weighted by Gasteiger charge is -2.37. The second-order valence-corrected chi connectivity index (χ2v) is 5.52. The van der Waals surface area contributed by atoms with Crippen LogP contribution in [0.1, 0.15) is 12.5 Å². The Morgan fingerprint density at radius 1 is 1.47 bits per heavy atom. The van der Waals surface area contributed by atoms with Crippen LogP contribution in [-0.2, 0) is 16.2 Å². The summed E-state index contributed by atoms with van der Waals surface area (Å²) >= 11 is 3.47. The summed E-state index contributed by atoms with van der Waals surface area (Å²) < 4.78 is 11.9. The summed E-state index contributed by atoms with van der Waals surface area (Å²) in [5.41, 5.74) is 1.16. The minimum Gasteiger partial charge on any atom is -0.492 e. The van der Waals surface area contributed by atoms with Crippen molar-refractivity contribution < 1.29 is 14.3 Å². The Hall–Kier alpha value is -0.620. The molecule has 0 spiro atoms. The van der Waals surface area contributed by atoms with Gasteiger partial charge in [0.25, 0.3) is 0 Å². The molecule has 1 aliphatic rings. The molecule has 1 saturated heterocycles. The molecule has 0 saturated carbocycles. The predicted molar refractivity (Wildman–Crippen MR) is 67.5 cm³/mol. The molecule has 94 valence electrons. The molecule has 1 aromatic carbocycles. The molecule has 1 aromatic rings. The van der Waals surface area contributed by atoms with Gasteiger partial charge in [-0.2, -0.15) is 0 Å². The predicted octanol–water partition coefficient (Wildman–Crippen LogP) is 2.25. The van der Waals surface area contributed by atoms with Gasteiger partial charge in [-0.25, -0.2) is 5.90 Å². The summed E-state index contributed by atoms with van der Waals surface area (Å²) in [6.07, 6.45) is 0. The number of hydrogen-bond donors (Lipinski definition) is 1. The largest absolute Gasteiger partial charge is 0.492 e. The molecular formula is C12H16BrNO3. The van der Waals surface area contributed by atoms with Crippen LogP contribution in [0.2, 0.25) is 0 Å². The van der Waals surface area contributed by atoms with Gasteiger partial charge in [0.2, 0.25) is 0 Å². The molecule has 0 amide bonds. The standard InChI is InChI=1S/C12H16BrNO3/c1-12(6-15-7-12)8-16-11-3-2-9(5-17-14)4-10(11)13/h2-4H,5-8,14H2,1H3. The molecule has 4 nitrogen and oxygen atoms in total. The van der Waals surface area contributed by atoms with Crippen LogP contribution in [0.3, 0.4) is 0 Å². The zero-order chi connectivity index (χ0) is 12.3. The number of rotatable bonds is 5. The third kappa shape index (κ3) is 3.19.